The van der Waals surface area contributed by atoms with E-state index in [4.69, 9.17) is 20.5 Å². The van der Waals surface area contributed by atoms with E-state index in [1.54, 1.807) is 54.6 Å². The van der Waals surface area contributed by atoms with Crippen molar-refractivity contribution in [3.05, 3.63) is 100 Å². The Kier molecular flexibility index (Phi) is 5.63. The largest absolute Gasteiger partial charge is 0.402 e. The highest BCUT2D eigenvalue weighted by atomic mass is 35.5. The number of esters is 1. The lowest BCUT2D eigenvalue weighted by Crippen LogP contribution is -2.09. The lowest BCUT2D eigenvalue weighted by atomic mass is 10.2. The summed E-state index contributed by atoms with van der Waals surface area (Å²) in [7, 11) is -3.94. The summed E-state index contributed by atoms with van der Waals surface area (Å²) in [6, 6.07) is 19.4. The van der Waals surface area contributed by atoms with Gasteiger partial charge in [0.25, 0.3) is 0 Å². The first-order valence-electron chi connectivity index (χ1n) is 9.20. The van der Waals surface area contributed by atoms with Gasteiger partial charge in [0.15, 0.2) is 5.70 Å². The number of carbonyl (C=O) groups is 1. The van der Waals surface area contributed by atoms with Crippen LogP contribution in [-0.4, -0.2) is 20.3 Å². The standard InChI is InChI=1S/C23H16ClNO5S/c1-15-2-12-20(13-3-15)31(27,28)30-19-10-4-16(5-11-19)14-21-23(26)29-22(25-21)17-6-8-18(24)9-7-17/h2-14H,1H3/b21-14+. The zero-order chi connectivity index (χ0) is 22.0. The van der Waals surface area contributed by atoms with Crippen LogP contribution in [0.15, 0.2) is 88.4 Å². The molecule has 0 fully saturated rings. The number of hydrogen-bond acceptors (Lipinski definition) is 6. The van der Waals surface area contributed by atoms with E-state index in [2.05, 4.69) is 4.99 Å². The molecule has 4 rings (SSSR count). The third kappa shape index (κ3) is 4.84. The summed E-state index contributed by atoms with van der Waals surface area (Å²) >= 11 is 5.87. The number of rotatable bonds is 5. The first-order valence-corrected chi connectivity index (χ1v) is 11.0. The number of ether oxygens (including phenoxy) is 1. The number of nitrogens with zero attached hydrogens (tertiary/aromatic N) is 1. The smallest absolute Gasteiger partial charge is 0.363 e. The van der Waals surface area contributed by atoms with Gasteiger partial charge in [-0.15, -0.1) is 0 Å². The van der Waals surface area contributed by atoms with Crippen molar-refractivity contribution in [3.63, 3.8) is 0 Å². The van der Waals surface area contributed by atoms with Crippen molar-refractivity contribution >= 4 is 39.7 Å². The Balaban J connectivity index is 1.51. The highest BCUT2D eigenvalue weighted by Gasteiger charge is 2.24. The summed E-state index contributed by atoms with van der Waals surface area (Å²) < 4.78 is 35.2. The lowest BCUT2D eigenvalue weighted by molar-refractivity contribution is -0.129. The second-order valence-electron chi connectivity index (χ2n) is 6.76. The van der Waals surface area contributed by atoms with Gasteiger partial charge in [0.1, 0.15) is 10.6 Å². The molecule has 3 aromatic rings. The topological polar surface area (TPSA) is 82.0 Å². The van der Waals surface area contributed by atoms with Gasteiger partial charge in [-0.05, 0) is 67.1 Å². The zero-order valence-electron chi connectivity index (χ0n) is 16.3. The number of carbonyl (C=O) groups excluding carboxylic acids is 1. The van der Waals surface area contributed by atoms with Crippen molar-refractivity contribution < 1.29 is 22.1 Å². The second kappa shape index (κ2) is 8.37. The summed E-state index contributed by atoms with van der Waals surface area (Å²) in [6.07, 6.45) is 1.55. The summed E-state index contributed by atoms with van der Waals surface area (Å²) in [5.41, 5.74) is 2.34. The van der Waals surface area contributed by atoms with E-state index in [1.165, 1.54) is 24.3 Å². The number of aliphatic imine (C=N–C) groups is 1. The first kappa shape index (κ1) is 20.8. The van der Waals surface area contributed by atoms with Crippen LogP contribution < -0.4 is 4.18 Å². The third-order valence-electron chi connectivity index (χ3n) is 4.41. The number of halogens is 1. The highest BCUT2D eigenvalue weighted by molar-refractivity contribution is 7.87. The maximum atomic E-state index is 12.4. The Morgan fingerprint density at radius 3 is 2.23 bits per heavy atom. The van der Waals surface area contributed by atoms with Crippen molar-refractivity contribution in [2.45, 2.75) is 11.8 Å². The van der Waals surface area contributed by atoms with Gasteiger partial charge < -0.3 is 8.92 Å². The van der Waals surface area contributed by atoms with Crippen LogP contribution in [0.1, 0.15) is 16.7 Å². The molecular formula is C23H16ClNO5S. The van der Waals surface area contributed by atoms with Crippen LogP contribution in [0.5, 0.6) is 5.75 Å². The Hall–Kier alpha value is -3.42. The molecular weight excluding hydrogens is 438 g/mol. The quantitative estimate of drug-likeness (QED) is 0.316. The molecule has 0 radical (unpaired) electrons. The molecule has 1 heterocycles. The average molecular weight is 454 g/mol. The molecule has 0 N–H and O–H groups in total. The molecule has 156 valence electrons. The molecule has 0 unspecified atom stereocenters. The van der Waals surface area contributed by atoms with Crippen molar-refractivity contribution in [1.29, 1.82) is 0 Å². The molecule has 0 bridgehead atoms. The molecule has 0 aromatic heterocycles. The highest BCUT2D eigenvalue weighted by Crippen LogP contribution is 2.23. The van der Waals surface area contributed by atoms with Gasteiger partial charge >= 0.3 is 16.1 Å². The van der Waals surface area contributed by atoms with Crippen LogP contribution in [0.25, 0.3) is 6.08 Å². The van der Waals surface area contributed by atoms with Gasteiger partial charge in [0, 0.05) is 10.6 Å². The van der Waals surface area contributed by atoms with Gasteiger partial charge in [-0.1, -0.05) is 41.4 Å². The first-order chi connectivity index (χ1) is 14.8. The second-order valence-corrected chi connectivity index (χ2v) is 8.75. The normalized spacial score (nSPS) is 15.0. The molecule has 0 saturated heterocycles. The van der Waals surface area contributed by atoms with Crippen LogP contribution in [0.4, 0.5) is 0 Å². The summed E-state index contributed by atoms with van der Waals surface area (Å²) in [5.74, 6) is -0.230. The number of cyclic esters (lactones) is 1. The number of aryl methyl sites for hydroxylation is 1. The Morgan fingerprint density at radius 2 is 1.58 bits per heavy atom. The van der Waals surface area contributed by atoms with Crippen molar-refractivity contribution in [2.24, 2.45) is 4.99 Å². The maximum Gasteiger partial charge on any atom is 0.363 e. The van der Waals surface area contributed by atoms with E-state index in [9.17, 15) is 13.2 Å². The maximum absolute atomic E-state index is 12.4. The van der Waals surface area contributed by atoms with Crippen LogP contribution >= 0.6 is 11.6 Å². The zero-order valence-corrected chi connectivity index (χ0v) is 17.9. The molecule has 31 heavy (non-hydrogen) atoms. The van der Waals surface area contributed by atoms with Gasteiger partial charge in [-0.3, -0.25) is 0 Å². The van der Waals surface area contributed by atoms with Crippen LogP contribution in [-0.2, 0) is 19.6 Å². The van der Waals surface area contributed by atoms with Gasteiger partial charge in [0.05, 0.1) is 0 Å². The van der Waals surface area contributed by atoms with Crippen LogP contribution in [0.2, 0.25) is 5.02 Å². The fourth-order valence-corrected chi connectivity index (χ4v) is 3.84. The monoisotopic (exact) mass is 453 g/mol. The number of hydrogen-bond donors (Lipinski definition) is 0. The molecule has 1 aliphatic rings. The van der Waals surface area contributed by atoms with Gasteiger partial charge in [0.2, 0.25) is 5.90 Å². The molecule has 1 aliphatic heterocycles. The van der Waals surface area contributed by atoms with Gasteiger partial charge in [-0.25, -0.2) is 9.79 Å². The van der Waals surface area contributed by atoms with E-state index in [0.29, 0.717) is 16.1 Å². The van der Waals surface area contributed by atoms with E-state index in [-0.39, 0.29) is 22.2 Å². The Morgan fingerprint density at radius 1 is 0.935 bits per heavy atom. The van der Waals surface area contributed by atoms with E-state index in [0.717, 1.165) is 5.56 Å². The molecule has 3 aromatic carbocycles. The Bertz CT molecular complexity index is 1290. The molecule has 0 aliphatic carbocycles. The molecule has 0 atom stereocenters. The van der Waals surface area contributed by atoms with Crippen molar-refractivity contribution in [3.8, 4) is 5.75 Å². The summed E-state index contributed by atoms with van der Waals surface area (Å²) in [4.78, 5) is 16.4. The predicted octanol–water partition coefficient (Wildman–Crippen LogP) is 4.76. The fraction of sp³-hybridized carbons (Fsp3) is 0.0435. The summed E-state index contributed by atoms with van der Waals surface area (Å²) in [5, 5.41) is 0.566. The van der Waals surface area contributed by atoms with Crippen LogP contribution in [0, 0.1) is 6.92 Å². The minimum absolute atomic E-state index is 0.0714. The van der Waals surface area contributed by atoms with Crippen LogP contribution in [0.3, 0.4) is 0 Å². The van der Waals surface area contributed by atoms with Gasteiger partial charge in [-0.2, -0.15) is 8.42 Å². The average Bonchev–Trinajstić information content (AvgIpc) is 3.10. The Labute approximate surface area is 184 Å². The molecule has 8 heteroatoms. The molecule has 0 saturated carbocycles. The number of benzene rings is 3. The van der Waals surface area contributed by atoms with Crippen molar-refractivity contribution in [2.75, 3.05) is 0 Å². The lowest BCUT2D eigenvalue weighted by Gasteiger charge is -2.07. The fourth-order valence-electron chi connectivity index (χ4n) is 2.78. The summed E-state index contributed by atoms with van der Waals surface area (Å²) in [6.45, 7) is 1.87. The van der Waals surface area contributed by atoms with Crippen molar-refractivity contribution in [1.82, 2.24) is 0 Å². The minimum Gasteiger partial charge on any atom is -0.402 e. The van der Waals surface area contributed by atoms with E-state index >= 15 is 0 Å². The SMILES string of the molecule is Cc1ccc(S(=O)(=O)Oc2ccc(/C=C3/N=C(c4ccc(Cl)cc4)OC3=O)cc2)cc1. The molecule has 0 amide bonds. The minimum atomic E-state index is -3.94. The van der Waals surface area contributed by atoms with E-state index < -0.39 is 16.1 Å². The predicted molar refractivity (Wildman–Crippen MR) is 117 cm³/mol. The third-order valence-corrected chi connectivity index (χ3v) is 5.92. The molecule has 6 nitrogen and oxygen atoms in total. The van der Waals surface area contributed by atoms with E-state index in [1.807, 2.05) is 6.92 Å². The molecule has 0 spiro atoms.